The highest BCUT2D eigenvalue weighted by Crippen LogP contribution is 2.22. The number of morpholine rings is 1. The zero-order valence-corrected chi connectivity index (χ0v) is 11.7. The first-order chi connectivity index (χ1) is 9.29. The molecule has 0 aliphatic carbocycles. The van der Waals surface area contributed by atoms with E-state index in [2.05, 4.69) is 26.2 Å². The first kappa shape index (κ1) is 12.7. The number of rotatable bonds is 3. The van der Waals surface area contributed by atoms with Gasteiger partial charge in [0.2, 0.25) is 5.95 Å². The maximum Gasteiger partial charge on any atom is 0.213 e. The van der Waals surface area contributed by atoms with Crippen molar-refractivity contribution in [3.8, 4) is 0 Å². The second-order valence-corrected chi connectivity index (χ2v) is 5.05. The van der Waals surface area contributed by atoms with Crippen molar-refractivity contribution in [3.05, 3.63) is 23.2 Å². The Morgan fingerprint density at radius 3 is 2.89 bits per heavy atom. The van der Waals surface area contributed by atoms with E-state index in [0.717, 1.165) is 56.4 Å². The molecule has 0 spiro atoms. The van der Waals surface area contributed by atoms with Crippen LogP contribution >= 0.6 is 11.6 Å². The van der Waals surface area contributed by atoms with Gasteiger partial charge < -0.3 is 9.64 Å². The predicted octanol–water partition coefficient (Wildman–Crippen LogP) is 2.17. The second kappa shape index (κ2) is 5.35. The minimum atomic E-state index is 0.511. The van der Waals surface area contributed by atoms with Crippen LogP contribution in [0.4, 0.5) is 5.95 Å². The number of aromatic nitrogens is 3. The first-order valence-corrected chi connectivity index (χ1v) is 7.03. The molecule has 0 radical (unpaired) electrons. The topological polar surface area (TPSA) is 42.7 Å². The Morgan fingerprint density at radius 2 is 2.16 bits per heavy atom. The zero-order valence-electron chi connectivity index (χ0n) is 11.0. The molecule has 0 bridgehead atoms. The number of hydrogen-bond acceptors (Lipinski definition) is 4. The summed E-state index contributed by atoms with van der Waals surface area (Å²) in [6, 6.07) is 1.86. The molecule has 3 heterocycles. The largest absolute Gasteiger partial charge is 0.378 e. The molecule has 6 heteroatoms. The molecule has 0 atom stereocenters. The summed E-state index contributed by atoms with van der Waals surface area (Å²) in [4.78, 5) is 11.2. The van der Waals surface area contributed by atoms with E-state index in [1.54, 1.807) is 0 Å². The molecule has 102 valence electrons. The van der Waals surface area contributed by atoms with Crippen molar-refractivity contribution < 1.29 is 4.74 Å². The third kappa shape index (κ3) is 2.40. The fourth-order valence-electron chi connectivity index (χ4n) is 2.41. The molecule has 0 saturated carbocycles. The molecule has 0 unspecified atom stereocenters. The Balaban J connectivity index is 2.11. The molecule has 0 N–H and O–H groups in total. The van der Waals surface area contributed by atoms with Gasteiger partial charge in [-0.1, -0.05) is 18.5 Å². The van der Waals surface area contributed by atoms with Crippen molar-refractivity contribution >= 4 is 23.1 Å². The van der Waals surface area contributed by atoms with Gasteiger partial charge in [-0.05, 0) is 6.42 Å². The van der Waals surface area contributed by atoms with Gasteiger partial charge in [-0.15, -0.1) is 0 Å². The number of anilines is 1. The van der Waals surface area contributed by atoms with Crippen molar-refractivity contribution in [1.82, 2.24) is 14.4 Å². The molecular formula is C13H17ClN4O. The molecule has 0 aromatic carbocycles. The average Bonchev–Trinajstić information content (AvgIpc) is 2.82. The Bertz CT molecular complexity index is 577. The van der Waals surface area contributed by atoms with Gasteiger partial charge in [-0.3, -0.25) is 4.40 Å². The minimum absolute atomic E-state index is 0.511. The molecule has 2 aromatic heterocycles. The number of imidazole rings is 1. The van der Waals surface area contributed by atoms with Gasteiger partial charge in [-0.25, -0.2) is 9.97 Å². The van der Waals surface area contributed by atoms with Crippen LogP contribution in [-0.2, 0) is 11.2 Å². The number of hydrogen-bond donors (Lipinski definition) is 0. The van der Waals surface area contributed by atoms with Crippen molar-refractivity contribution in [2.75, 3.05) is 31.2 Å². The Hall–Kier alpha value is -1.33. The second-order valence-electron chi connectivity index (χ2n) is 4.66. The number of aryl methyl sites for hydroxylation is 1. The van der Waals surface area contributed by atoms with E-state index in [1.807, 2.05) is 12.3 Å². The van der Waals surface area contributed by atoms with Crippen LogP contribution in [0.5, 0.6) is 0 Å². The maximum absolute atomic E-state index is 6.12. The summed E-state index contributed by atoms with van der Waals surface area (Å²) >= 11 is 6.12. The van der Waals surface area contributed by atoms with Crippen LogP contribution in [0, 0.1) is 0 Å². The lowest BCUT2D eigenvalue weighted by Crippen LogP contribution is -2.38. The molecule has 1 aliphatic heterocycles. The molecule has 3 rings (SSSR count). The fraction of sp³-hybridized carbons (Fsp3) is 0.538. The number of nitrogens with zero attached hydrogens (tertiary/aromatic N) is 4. The number of ether oxygens (including phenoxy) is 1. The summed E-state index contributed by atoms with van der Waals surface area (Å²) in [7, 11) is 0. The summed E-state index contributed by atoms with van der Waals surface area (Å²) < 4.78 is 7.51. The van der Waals surface area contributed by atoms with Crippen LogP contribution in [0.2, 0.25) is 5.15 Å². The lowest BCUT2D eigenvalue weighted by atomic mass is 10.3. The van der Waals surface area contributed by atoms with Gasteiger partial charge in [0.05, 0.1) is 24.9 Å². The predicted molar refractivity (Wildman–Crippen MR) is 75.0 cm³/mol. The summed E-state index contributed by atoms with van der Waals surface area (Å²) in [5.41, 5.74) is 1.00. The van der Waals surface area contributed by atoms with Crippen LogP contribution in [-0.4, -0.2) is 40.7 Å². The Morgan fingerprint density at radius 1 is 1.37 bits per heavy atom. The van der Waals surface area contributed by atoms with E-state index < -0.39 is 0 Å². The van der Waals surface area contributed by atoms with E-state index in [4.69, 9.17) is 16.3 Å². The molecule has 19 heavy (non-hydrogen) atoms. The smallest absolute Gasteiger partial charge is 0.213 e. The van der Waals surface area contributed by atoms with Crippen LogP contribution in [0.25, 0.3) is 5.52 Å². The number of fused-ring (bicyclic) bond motifs is 1. The quantitative estimate of drug-likeness (QED) is 0.808. The van der Waals surface area contributed by atoms with Crippen molar-refractivity contribution in [2.24, 2.45) is 0 Å². The van der Waals surface area contributed by atoms with Crippen LogP contribution < -0.4 is 4.90 Å². The monoisotopic (exact) mass is 280 g/mol. The normalized spacial score (nSPS) is 16.2. The highest BCUT2D eigenvalue weighted by atomic mass is 35.5. The Kier molecular flexibility index (Phi) is 3.57. The fourth-order valence-corrected chi connectivity index (χ4v) is 2.60. The average molecular weight is 281 g/mol. The molecule has 1 aliphatic rings. The zero-order chi connectivity index (χ0) is 13.2. The first-order valence-electron chi connectivity index (χ1n) is 6.65. The lowest BCUT2D eigenvalue weighted by molar-refractivity contribution is 0.122. The van der Waals surface area contributed by atoms with Gasteiger partial charge >= 0.3 is 0 Å². The highest BCUT2D eigenvalue weighted by Gasteiger charge is 2.18. The van der Waals surface area contributed by atoms with Crippen LogP contribution in [0.1, 0.15) is 19.2 Å². The molecule has 0 amide bonds. The lowest BCUT2D eigenvalue weighted by Gasteiger charge is -2.28. The van der Waals surface area contributed by atoms with Crippen LogP contribution in [0.3, 0.4) is 0 Å². The number of halogens is 1. The minimum Gasteiger partial charge on any atom is -0.378 e. The van der Waals surface area contributed by atoms with Crippen molar-refractivity contribution in [3.63, 3.8) is 0 Å². The van der Waals surface area contributed by atoms with Crippen molar-refractivity contribution in [1.29, 1.82) is 0 Å². The van der Waals surface area contributed by atoms with E-state index in [-0.39, 0.29) is 0 Å². The van der Waals surface area contributed by atoms with E-state index in [9.17, 15) is 0 Å². The van der Waals surface area contributed by atoms with Crippen LogP contribution in [0.15, 0.2) is 12.3 Å². The molecular weight excluding hydrogens is 264 g/mol. The third-order valence-corrected chi connectivity index (χ3v) is 3.50. The van der Waals surface area contributed by atoms with Gasteiger partial charge in [0.1, 0.15) is 11.0 Å². The standard InChI is InChI=1S/C13H17ClN4O/c1-2-3-12-15-9-10-8-11(14)16-13(18(10)12)17-4-6-19-7-5-17/h8-9H,2-7H2,1H3. The van der Waals surface area contributed by atoms with Crippen molar-refractivity contribution in [2.45, 2.75) is 19.8 Å². The van der Waals surface area contributed by atoms with Gasteiger partial charge in [-0.2, -0.15) is 0 Å². The summed E-state index contributed by atoms with van der Waals surface area (Å²) in [6.45, 7) is 5.29. The summed E-state index contributed by atoms with van der Waals surface area (Å²) in [5.74, 6) is 1.93. The SMILES string of the molecule is CCCc1ncc2cc(Cl)nc(N3CCOCC3)n12. The van der Waals surface area contributed by atoms with E-state index >= 15 is 0 Å². The summed E-state index contributed by atoms with van der Waals surface area (Å²) in [5, 5.41) is 0.511. The molecule has 5 nitrogen and oxygen atoms in total. The van der Waals surface area contributed by atoms with Gasteiger partial charge in [0.25, 0.3) is 0 Å². The van der Waals surface area contributed by atoms with Gasteiger partial charge in [0, 0.05) is 25.6 Å². The maximum atomic E-state index is 6.12. The molecule has 2 aromatic rings. The van der Waals surface area contributed by atoms with E-state index in [1.165, 1.54) is 0 Å². The molecule has 1 fully saturated rings. The molecule has 1 saturated heterocycles. The highest BCUT2D eigenvalue weighted by molar-refractivity contribution is 6.29. The Labute approximate surface area is 117 Å². The van der Waals surface area contributed by atoms with E-state index in [0.29, 0.717) is 5.15 Å². The third-order valence-electron chi connectivity index (χ3n) is 3.30. The van der Waals surface area contributed by atoms with Gasteiger partial charge in [0.15, 0.2) is 0 Å². The summed E-state index contributed by atoms with van der Waals surface area (Å²) in [6.07, 6.45) is 3.86.